The van der Waals surface area contributed by atoms with E-state index in [2.05, 4.69) is 249 Å². The van der Waals surface area contributed by atoms with Crippen LogP contribution < -0.4 is 0 Å². The van der Waals surface area contributed by atoms with Gasteiger partial charge >= 0.3 is 0 Å². The average Bonchev–Trinajstić information content (AvgIpc) is 4.09. The van der Waals surface area contributed by atoms with Crippen molar-refractivity contribution in [1.29, 1.82) is 0 Å². The van der Waals surface area contributed by atoms with E-state index in [0.29, 0.717) is 0 Å². The normalized spacial score (nSPS) is 11.9. The Kier molecular flexibility index (Phi) is 7.57. The van der Waals surface area contributed by atoms with E-state index >= 15 is 0 Å². The molecule has 0 saturated carbocycles. The minimum Gasteiger partial charge on any atom is -0.309 e. The van der Waals surface area contributed by atoms with E-state index < -0.39 is 0 Å². The molecule has 0 unspecified atom stereocenters. The number of hydrogen-bond donors (Lipinski definition) is 0. The lowest BCUT2D eigenvalue weighted by Crippen LogP contribution is -1.98. The van der Waals surface area contributed by atoms with Gasteiger partial charge in [0.05, 0.1) is 44.5 Å². The Labute approximate surface area is 358 Å². The van der Waals surface area contributed by atoms with Crippen molar-refractivity contribution < 1.29 is 0 Å². The van der Waals surface area contributed by atoms with Crippen molar-refractivity contribution in [1.82, 2.24) is 18.3 Å². The van der Waals surface area contributed by atoms with Crippen LogP contribution in [-0.4, -0.2) is 18.3 Å². The van der Waals surface area contributed by atoms with Gasteiger partial charge in [-0.05, 0) is 108 Å². The molecule has 0 amide bonds. The van der Waals surface area contributed by atoms with Crippen LogP contribution in [0.1, 0.15) is 0 Å². The Morgan fingerprint density at radius 3 is 0.984 bits per heavy atom. The van der Waals surface area contributed by atoms with E-state index in [-0.39, 0.29) is 0 Å². The molecular weight excluding hydrogens is 753 g/mol. The summed E-state index contributed by atoms with van der Waals surface area (Å²) >= 11 is 0. The molecule has 13 aromatic rings. The maximum absolute atomic E-state index is 2.46. The summed E-state index contributed by atoms with van der Waals surface area (Å²) in [5, 5.41) is 7.30. The molecule has 0 radical (unpaired) electrons. The monoisotopic (exact) mass is 790 g/mol. The van der Waals surface area contributed by atoms with Gasteiger partial charge in [0.2, 0.25) is 0 Å². The topological polar surface area (TPSA) is 19.7 Å². The van der Waals surface area contributed by atoms with E-state index in [1.165, 1.54) is 76.5 Å². The summed E-state index contributed by atoms with van der Waals surface area (Å²) < 4.78 is 9.69. The summed E-state index contributed by atoms with van der Waals surface area (Å²) in [6, 6.07) is 84.0. The molecule has 13 rings (SSSR count). The molecule has 0 aliphatic carbocycles. The third-order valence-corrected chi connectivity index (χ3v) is 12.7. The highest BCUT2D eigenvalue weighted by Gasteiger charge is 2.21. The molecule has 9 aromatic carbocycles. The van der Waals surface area contributed by atoms with Crippen LogP contribution >= 0.6 is 0 Å². The Hall–Kier alpha value is -8.34. The van der Waals surface area contributed by atoms with Crippen LogP contribution in [0.15, 0.2) is 231 Å². The number of fused-ring (bicyclic) bond motifs is 8. The van der Waals surface area contributed by atoms with Crippen molar-refractivity contribution in [3.8, 4) is 45.3 Å². The lowest BCUT2D eigenvalue weighted by molar-refractivity contribution is 1.13. The summed E-state index contributed by atoms with van der Waals surface area (Å²) in [5.41, 5.74) is 16.3. The van der Waals surface area contributed by atoms with E-state index in [1.54, 1.807) is 0 Å². The predicted molar refractivity (Wildman–Crippen MR) is 260 cm³/mol. The number of benzene rings is 9. The SMILES string of the molecule is c1ccc(-c2cc3cc4c(cc(-c5ccccc5)n4-c4ccc5c(c4)c4ccccc4n5-c4ccccc4)cc3n2-c2ccc3c(c2)c2ccccc2n3-c2ccccc2)cc1. The summed E-state index contributed by atoms with van der Waals surface area (Å²) in [5.74, 6) is 0. The van der Waals surface area contributed by atoms with Crippen molar-refractivity contribution in [3.63, 3.8) is 0 Å². The molecule has 0 bridgehead atoms. The highest BCUT2D eigenvalue weighted by Crippen LogP contribution is 2.41. The first kappa shape index (κ1) is 34.5. The van der Waals surface area contributed by atoms with Gasteiger partial charge in [0.25, 0.3) is 0 Å². The van der Waals surface area contributed by atoms with Gasteiger partial charge in [0, 0.05) is 55.1 Å². The zero-order chi connectivity index (χ0) is 40.7. The van der Waals surface area contributed by atoms with E-state index in [9.17, 15) is 0 Å². The molecule has 0 saturated heterocycles. The third-order valence-electron chi connectivity index (χ3n) is 12.7. The second-order valence-corrected chi connectivity index (χ2v) is 16.2. The van der Waals surface area contributed by atoms with Crippen molar-refractivity contribution >= 4 is 65.4 Å². The number of para-hydroxylation sites is 4. The van der Waals surface area contributed by atoms with Gasteiger partial charge in [0.15, 0.2) is 0 Å². The lowest BCUT2D eigenvalue weighted by atomic mass is 10.1. The first-order valence-corrected chi connectivity index (χ1v) is 21.3. The summed E-state index contributed by atoms with van der Waals surface area (Å²) in [4.78, 5) is 0. The third kappa shape index (κ3) is 5.20. The molecule has 4 nitrogen and oxygen atoms in total. The minimum absolute atomic E-state index is 1.13. The second-order valence-electron chi connectivity index (χ2n) is 16.2. The quantitative estimate of drug-likeness (QED) is 0.160. The predicted octanol–water partition coefficient (Wildman–Crippen LogP) is 15.1. The minimum atomic E-state index is 1.13. The van der Waals surface area contributed by atoms with Gasteiger partial charge in [-0.15, -0.1) is 0 Å². The molecule has 0 spiro atoms. The van der Waals surface area contributed by atoms with Gasteiger partial charge in [-0.3, -0.25) is 0 Å². The fourth-order valence-electron chi connectivity index (χ4n) is 10.0. The van der Waals surface area contributed by atoms with Gasteiger partial charge in [0.1, 0.15) is 0 Å². The fraction of sp³-hybridized carbons (Fsp3) is 0. The van der Waals surface area contributed by atoms with Crippen LogP contribution in [0, 0.1) is 0 Å². The standard InChI is InChI=1S/C58H38N4/c1-5-17-39(18-6-1)55-33-41-35-58-42(36-57(41)61(55)45-29-31-53-49(37-45)47-25-13-15-27-51(47)59(53)43-21-9-3-10-22-43)34-56(40-19-7-2-8-20-40)62(58)46-30-32-54-50(38-46)48-26-14-16-28-52(48)60(54)44-23-11-4-12-24-44/h1-38H. The molecule has 0 N–H and O–H groups in total. The maximum atomic E-state index is 2.46. The van der Waals surface area contributed by atoms with Gasteiger partial charge in [-0.25, -0.2) is 0 Å². The van der Waals surface area contributed by atoms with Crippen molar-refractivity contribution in [3.05, 3.63) is 231 Å². The van der Waals surface area contributed by atoms with Crippen LogP contribution in [0.3, 0.4) is 0 Å². The summed E-state index contributed by atoms with van der Waals surface area (Å²) in [6.07, 6.45) is 0. The molecule has 4 heteroatoms. The van der Waals surface area contributed by atoms with Crippen LogP contribution in [-0.2, 0) is 0 Å². The van der Waals surface area contributed by atoms with Crippen molar-refractivity contribution in [2.24, 2.45) is 0 Å². The second kappa shape index (κ2) is 13.6. The van der Waals surface area contributed by atoms with Crippen molar-refractivity contribution in [2.75, 3.05) is 0 Å². The lowest BCUT2D eigenvalue weighted by Gasteiger charge is -2.14. The molecule has 0 aliphatic heterocycles. The zero-order valence-electron chi connectivity index (χ0n) is 33.7. The molecular formula is C58H38N4. The van der Waals surface area contributed by atoms with Gasteiger partial charge < -0.3 is 18.3 Å². The molecule has 0 aliphatic rings. The van der Waals surface area contributed by atoms with E-state index in [1.807, 2.05) is 0 Å². The Morgan fingerprint density at radius 2 is 0.565 bits per heavy atom. The summed E-state index contributed by atoms with van der Waals surface area (Å²) in [6.45, 7) is 0. The highest BCUT2D eigenvalue weighted by molar-refractivity contribution is 6.12. The maximum Gasteiger partial charge on any atom is 0.0542 e. The largest absolute Gasteiger partial charge is 0.309 e. The Balaban J connectivity index is 1.07. The van der Waals surface area contributed by atoms with E-state index in [4.69, 9.17) is 0 Å². The van der Waals surface area contributed by atoms with Crippen LogP contribution in [0.2, 0.25) is 0 Å². The van der Waals surface area contributed by atoms with Gasteiger partial charge in [-0.1, -0.05) is 133 Å². The summed E-state index contributed by atoms with van der Waals surface area (Å²) in [7, 11) is 0. The number of hydrogen-bond acceptors (Lipinski definition) is 0. The molecule has 62 heavy (non-hydrogen) atoms. The number of aromatic nitrogens is 4. The van der Waals surface area contributed by atoms with Crippen LogP contribution in [0.25, 0.3) is 111 Å². The average molecular weight is 791 g/mol. The molecule has 290 valence electrons. The number of rotatable bonds is 6. The first-order chi connectivity index (χ1) is 30.8. The fourth-order valence-corrected chi connectivity index (χ4v) is 10.0. The molecule has 4 aromatic heterocycles. The first-order valence-electron chi connectivity index (χ1n) is 21.3. The Bertz CT molecular complexity index is 3580. The zero-order valence-corrected chi connectivity index (χ0v) is 33.7. The Morgan fingerprint density at radius 1 is 0.210 bits per heavy atom. The smallest absolute Gasteiger partial charge is 0.0542 e. The van der Waals surface area contributed by atoms with Gasteiger partial charge in [-0.2, -0.15) is 0 Å². The van der Waals surface area contributed by atoms with Crippen LogP contribution in [0.5, 0.6) is 0 Å². The molecule has 0 atom stereocenters. The molecule has 0 fully saturated rings. The van der Waals surface area contributed by atoms with E-state index in [0.717, 1.165) is 34.1 Å². The highest BCUT2D eigenvalue weighted by atomic mass is 15.0. The van der Waals surface area contributed by atoms with Crippen molar-refractivity contribution in [2.45, 2.75) is 0 Å². The number of nitrogens with zero attached hydrogens (tertiary/aromatic N) is 4. The molecule has 4 heterocycles. The van der Waals surface area contributed by atoms with Crippen LogP contribution in [0.4, 0.5) is 0 Å².